The van der Waals surface area contributed by atoms with Gasteiger partial charge in [0, 0.05) is 0 Å². The third kappa shape index (κ3) is 8.77. The Labute approximate surface area is 417 Å². The second kappa shape index (κ2) is 17.4. The first-order chi connectivity index (χ1) is 31.5. The normalized spacial score (nSPS) is 16.8. The summed E-state index contributed by atoms with van der Waals surface area (Å²) in [6, 6.07) is 32.6. The Hall–Kier alpha value is -3.40. The van der Waals surface area contributed by atoms with Crippen molar-refractivity contribution in [3.8, 4) is 22.3 Å². The molecule has 2 heterocycles. The molecule has 2 aromatic heterocycles. The van der Waals surface area contributed by atoms with Gasteiger partial charge in [0.05, 0.1) is 0 Å². The van der Waals surface area contributed by atoms with E-state index in [-0.39, 0.29) is 28.9 Å². The van der Waals surface area contributed by atoms with Crippen LogP contribution in [0.2, 0.25) is 13.1 Å². The average molecular weight is 1040 g/mol. The summed E-state index contributed by atoms with van der Waals surface area (Å²) in [6.07, 6.45) is 6.66. The first-order valence-electron chi connectivity index (χ1n) is 25.1. The fraction of sp³-hybridized carbons (Fsp3) is 0.419. The molecule has 68 heavy (non-hydrogen) atoms. The molecular weight excluding hydrogens is 967 g/mol. The number of benzene rings is 4. The van der Waals surface area contributed by atoms with E-state index in [9.17, 15) is 17.0 Å². The van der Waals surface area contributed by atoms with E-state index in [1.165, 1.54) is 77.9 Å². The van der Waals surface area contributed by atoms with Crippen molar-refractivity contribution in [1.29, 1.82) is 0 Å². The number of hydrogen-bond donors (Lipinski definition) is 0. The van der Waals surface area contributed by atoms with Crippen LogP contribution >= 0.6 is 17.0 Å². The molecule has 0 saturated heterocycles. The van der Waals surface area contributed by atoms with Gasteiger partial charge >= 0.3 is 421 Å². The number of allylic oxidation sites excluding steroid dienone is 2. The van der Waals surface area contributed by atoms with Gasteiger partial charge in [-0.15, -0.1) is 0 Å². The van der Waals surface area contributed by atoms with E-state index < -0.39 is 20.4 Å². The van der Waals surface area contributed by atoms with E-state index in [1.807, 2.05) is 13.8 Å². The molecule has 6 aromatic rings. The molecule has 2 nitrogen and oxygen atoms in total. The van der Waals surface area contributed by atoms with Crippen LogP contribution in [0.1, 0.15) is 183 Å². The van der Waals surface area contributed by atoms with Gasteiger partial charge in [0.2, 0.25) is 0 Å². The molecule has 0 radical (unpaired) electrons. The van der Waals surface area contributed by atoms with Crippen LogP contribution in [0.5, 0.6) is 0 Å². The van der Waals surface area contributed by atoms with Gasteiger partial charge in [0.15, 0.2) is 0 Å². The van der Waals surface area contributed by atoms with Crippen molar-refractivity contribution < 1.29 is 23.8 Å². The van der Waals surface area contributed by atoms with Crippen molar-refractivity contribution >= 4 is 45.8 Å². The molecule has 0 saturated carbocycles. The van der Waals surface area contributed by atoms with Gasteiger partial charge in [-0.2, -0.15) is 0 Å². The van der Waals surface area contributed by atoms with Crippen LogP contribution in [0.4, 0.5) is 0 Å². The van der Waals surface area contributed by atoms with E-state index >= 15 is 0 Å². The van der Waals surface area contributed by atoms with Gasteiger partial charge in [-0.25, -0.2) is 0 Å². The molecule has 2 atom stereocenters. The van der Waals surface area contributed by atoms with E-state index in [4.69, 9.17) is 8.83 Å². The fourth-order valence-electron chi connectivity index (χ4n) is 11.0. The zero-order chi connectivity index (χ0) is 49.9. The summed E-state index contributed by atoms with van der Waals surface area (Å²) < 4.78 is 13.0. The van der Waals surface area contributed by atoms with Gasteiger partial charge in [0.1, 0.15) is 0 Å². The molecule has 6 heteroatoms. The fourth-order valence-corrected chi connectivity index (χ4v) is 38.7. The van der Waals surface area contributed by atoms with Crippen LogP contribution in [0.15, 0.2) is 93.8 Å². The summed E-state index contributed by atoms with van der Waals surface area (Å²) in [4.78, 5) is 0. The zero-order valence-corrected chi connectivity index (χ0v) is 49.3. The van der Waals surface area contributed by atoms with E-state index in [0.29, 0.717) is 0 Å². The molecule has 2 unspecified atom stereocenters. The monoisotopic (exact) mass is 1040 g/mol. The number of furan rings is 2. The number of rotatable bonds is 8. The summed E-state index contributed by atoms with van der Waals surface area (Å²) in [6.45, 7) is 41.3. The molecule has 0 fully saturated rings. The van der Waals surface area contributed by atoms with Crippen molar-refractivity contribution in [3.63, 3.8) is 0 Å². The summed E-state index contributed by atoms with van der Waals surface area (Å²) in [7, 11) is 18.5. The molecule has 4 aromatic carbocycles. The van der Waals surface area contributed by atoms with Crippen molar-refractivity contribution in [2.75, 3.05) is 0 Å². The Balaban J connectivity index is 1.49. The van der Waals surface area contributed by atoms with Crippen molar-refractivity contribution in [2.24, 2.45) is 0 Å². The third-order valence-corrected chi connectivity index (χ3v) is 61.6. The Morgan fingerprint density at radius 2 is 0.809 bits per heavy atom. The molecular formula is C62H76Cl2O2SiZr. The quantitative estimate of drug-likeness (QED) is 0.142. The standard InChI is InChI=1S/2C30H35O.C2H6Si.2ClH.Zr/c2*1-9-20-11-12-21-14-22(27-13-10-19(2)31-27)17-26(21)28(20)23-15-24(29(3,4)5)18-25(16-23)30(6,7)8;1-3-2;;;/h2*10-18H,9H2,1-8H3;1-2H3;2*1H;/q;;;;;+2/p-2. The van der Waals surface area contributed by atoms with Crippen molar-refractivity contribution in [1.82, 2.24) is 0 Å². The minimum atomic E-state index is -5.56. The van der Waals surface area contributed by atoms with Gasteiger partial charge < -0.3 is 0 Å². The van der Waals surface area contributed by atoms with Crippen LogP contribution in [-0.2, 0) is 49.5 Å². The SMILES string of the molecule is CCc1ccc2c(c1-c1cc(C(C)(C)C)cc(C(C)(C)C)c1)C=C(c1ccc(C)o1)[CH]2[Zr]([Cl])([Cl])([CH]1C(c2ccc(C)o2)=Cc2c1ccc(CC)c2-c1cc(C(C)(C)C)cc(C(C)(C)C)c1)=[Si](C)C. The Morgan fingerprint density at radius 1 is 0.485 bits per heavy atom. The van der Waals surface area contributed by atoms with Crippen molar-refractivity contribution in [2.45, 2.75) is 166 Å². The summed E-state index contributed by atoms with van der Waals surface area (Å²) in [5.74, 6) is 3.45. The van der Waals surface area contributed by atoms with Crippen molar-refractivity contribution in [3.05, 3.63) is 164 Å². The topological polar surface area (TPSA) is 26.3 Å². The summed E-state index contributed by atoms with van der Waals surface area (Å²) in [5, 5.41) is 0. The van der Waals surface area contributed by atoms with E-state index in [2.05, 4.69) is 207 Å². The Bertz CT molecular complexity index is 2860. The maximum atomic E-state index is 9.24. The number of aryl methyl sites for hydroxylation is 4. The molecule has 2 aliphatic carbocycles. The first kappa shape index (κ1) is 51.0. The second-order valence-electron chi connectivity index (χ2n) is 24.5. The summed E-state index contributed by atoms with van der Waals surface area (Å²) in [5.41, 5.74) is 18.5. The Kier molecular flexibility index (Phi) is 13.1. The van der Waals surface area contributed by atoms with Crippen LogP contribution in [0.25, 0.3) is 45.6 Å². The minimum absolute atomic E-state index is 0.0408. The average Bonchev–Trinajstić information content (AvgIpc) is 4.06. The molecule has 0 aliphatic heterocycles. The number of hydrogen-bond acceptors (Lipinski definition) is 2. The van der Waals surface area contributed by atoms with Gasteiger partial charge in [-0.1, -0.05) is 0 Å². The molecule has 2 aliphatic rings. The van der Waals surface area contributed by atoms with E-state index in [1.54, 1.807) is 0 Å². The van der Waals surface area contributed by atoms with E-state index in [0.717, 1.165) is 47.0 Å². The predicted octanol–water partition coefficient (Wildman–Crippen LogP) is 19.3. The Morgan fingerprint density at radius 3 is 1.06 bits per heavy atom. The predicted molar refractivity (Wildman–Crippen MR) is 295 cm³/mol. The summed E-state index contributed by atoms with van der Waals surface area (Å²) >= 11 is -5.56. The first-order valence-corrected chi connectivity index (χ1v) is 40.4. The molecule has 358 valence electrons. The molecule has 0 spiro atoms. The van der Waals surface area contributed by atoms with Gasteiger partial charge in [-0.05, 0) is 0 Å². The maximum absolute atomic E-state index is 9.24. The molecule has 8 rings (SSSR count). The molecule has 0 bridgehead atoms. The van der Waals surface area contributed by atoms with Crippen LogP contribution < -0.4 is 0 Å². The second-order valence-corrected chi connectivity index (χ2v) is 63.3. The zero-order valence-electron chi connectivity index (χ0n) is 44.4. The van der Waals surface area contributed by atoms with Crippen LogP contribution in [-0.4, -0.2) is 5.43 Å². The van der Waals surface area contributed by atoms with Crippen LogP contribution in [0.3, 0.4) is 0 Å². The third-order valence-electron chi connectivity index (χ3n) is 15.3. The number of fused-ring (bicyclic) bond motifs is 2. The number of halogens is 2. The molecule has 0 N–H and O–H groups in total. The van der Waals surface area contributed by atoms with Gasteiger partial charge in [-0.3, -0.25) is 0 Å². The molecule has 0 amide bonds. The van der Waals surface area contributed by atoms with Gasteiger partial charge in [0.25, 0.3) is 0 Å². The van der Waals surface area contributed by atoms with Crippen LogP contribution in [0, 0.1) is 13.8 Å².